The number of amides is 11. The van der Waals surface area contributed by atoms with E-state index in [-0.39, 0.29) is 68.1 Å². The predicted molar refractivity (Wildman–Crippen MR) is 396 cm³/mol. The van der Waals surface area contributed by atoms with Gasteiger partial charge in [-0.05, 0) is 104 Å². The number of thioether (sulfide) groups is 1. The molecule has 0 bridgehead atoms. The monoisotopic (exact) mass is 1560 g/mol. The molecule has 0 radical (unpaired) electrons. The number of aliphatic hydroxyl groups is 2. The van der Waals surface area contributed by atoms with E-state index in [1.165, 1.54) is 36.0 Å². The third-order valence-electron chi connectivity index (χ3n) is 17.1. The van der Waals surface area contributed by atoms with Crippen LogP contribution in [-0.2, 0) is 91.2 Å². The number of carboxylic acids is 4. The first kappa shape index (κ1) is 91.5. The van der Waals surface area contributed by atoms with Crippen molar-refractivity contribution >= 4 is 112 Å². The van der Waals surface area contributed by atoms with Crippen molar-refractivity contribution in [1.82, 2.24) is 68.8 Å². The number of hydrogen-bond donors (Lipinski definition) is 23. The normalized spacial score (nSPS) is 14.9. The number of para-hydroxylation sites is 1. The number of nitrogens with one attached hydrogen (secondary N) is 13. The Morgan fingerprint density at radius 1 is 0.482 bits per heavy atom. The van der Waals surface area contributed by atoms with Crippen molar-refractivity contribution in [3.8, 4) is 5.75 Å². The maximum absolute atomic E-state index is 15.1. The number of aromatic amines is 1. The molecule has 0 aliphatic rings. The number of aromatic nitrogens is 1. The number of aromatic hydroxyl groups is 1. The lowest BCUT2D eigenvalue weighted by Crippen LogP contribution is -2.70. The number of rotatable bonds is 49. The van der Waals surface area contributed by atoms with Crippen molar-refractivity contribution in [3.05, 3.63) is 102 Å². The summed E-state index contributed by atoms with van der Waals surface area (Å²) < 4.78 is 0. The third kappa shape index (κ3) is 31.4. The number of quaternary nitrogens is 1. The Balaban J connectivity index is 1.72. The molecule has 0 aliphatic heterocycles. The van der Waals surface area contributed by atoms with Crippen molar-refractivity contribution in [2.75, 3.05) is 25.2 Å². The fraction of sp³-hybridized carbons (Fsp3) is 0.507. The summed E-state index contributed by atoms with van der Waals surface area (Å²) in [5.74, 6) is -19.3. The van der Waals surface area contributed by atoms with E-state index in [4.69, 9.17) is 11.5 Å². The van der Waals surface area contributed by atoms with Crippen LogP contribution in [-0.4, -0.2) is 240 Å². The second-order valence-corrected chi connectivity index (χ2v) is 28.0. The highest BCUT2D eigenvalue weighted by Gasteiger charge is 2.40. The maximum Gasteiger partial charge on any atom is 0.326 e. The predicted octanol–water partition coefficient (Wildman–Crippen LogP) is -4.86. The molecule has 4 rings (SSSR count). The van der Waals surface area contributed by atoms with Crippen molar-refractivity contribution in [3.63, 3.8) is 0 Å². The van der Waals surface area contributed by atoms with Gasteiger partial charge in [-0.15, -0.1) is 0 Å². The molecule has 0 unspecified atom stereocenters. The average molecular weight is 1560 g/mol. The Morgan fingerprint density at radius 3 is 1.45 bits per heavy atom. The highest BCUT2D eigenvalue weighted by atomic mass is 32.2. The number of carbonyl (C=O) groups is 15. The van der Waals surface area contributed by atoms with E-state index >= 15 is 4.79 Å². The van der Waals surface area contributed by atoms with Crippen LogP contribution in [0.3, 0.4) is 0 Å². The molecule has 4 aromatic rings. The van der Waals surface area contributed by atoms with Gasteiger partial charge in [-0.1, -0.05) is 88.4 Å². The average Bonchev–Trinajstić information content (AvgIpc) is 1.61. The second kappa shape index (κ2) is 45.9. The van der Waals surface area contributed by atoms with Crippen LogP contribution in [0.1, 0.15) is 103 Å². The maximum atomic E-state index is 15.1. The van der Waals surface area contributed by atoms with E-state index in [2.05, 4.69) is 69.2 Å². The number of carboxylic acid groups (broad SMARTS) is 4. The lowest BCUT2D eigenvalue weighted by molar-refractivity contribution is -0.409. The Morgan fingerprint density at radius 2 is 0.918 bits per heavy atom. The molecule has 38 nitrogen and oxygen atoms in total. The van der Waals surface area contributed by atoms with E-state index in [1.54, 1.807) is 94.7 Å². The molecule has 0 saturated carbocycles. The third-order valence-corrected chi connectivity index (χ3v) is 17.8. The molecular weight excluding hydrogens is 1460 g/mol. The van der Waals surface area contributed by atoms with Crippen molar-refractivity contribution in [2.24, 2.45) is 23.3 Å². The number of fused-ring (bicyclic) bond motifs is 1. The summed E-state index contributed by atoms with van der Waals surface area (Å²) in [5, 5.41) is 100. The van der Waals surface area contributed by atoms with Crippen LogP contribution in [0.2, 0.25) is 0 Å². The minimum Gasteiger partial charge on any atom is -0.508 e. The fourth-order valence-corrected chi connectivity index (χ4v) is 11.7. The summed E-state index contributed by atoms with van der Waals surface area (Å²) in [7, 11) is 0. The zero-order chi connectivity index (χ0) is 82.1. The topological polar surface area (TPSA) is 637 Å². The summed E-state index contributed by atoms with van der Waals surface area (Å²) >= 11 is 1.23. The van der Waals surface area contributed by atoms with Gasteiger partial charge in [0.05, 0.1) is 18.9 Å². The van der Waals surface area contributed by atoms with Gasteiger partial charge < -0.3 is 116 Å². The number of benzene rings is 3. The fourth-order valence-electron chi connectivity index (χ4n) is 11.2. The minimum atomic E-state index is -2.07. The van der Waals surface area contributed by atoms with Crippen LogP contribution in [0, 0.1) is 11.8 Å². The molecule has 0 saturated heterocycles. The first-order valence-corrected chi connectivity index (χ1v) is 36.8. The second-order valence-electron chi connectivity index (χ2n) is 27.0. The Labute approximate surface area is 637 Å². The summed E-state index contributed by atoms with van der Waals surface area (Å²) in [5.41, 5.74) is 16.5. The molecule has 0 fully saturated rings. The molecule has 604 valence electrons. The van der Waals surface area contributed by atoms with Gasteiger partial charge in [0.25, 0.3) is 5.91 Å². The van der Waals surface area contributed by atoms with Gasteiger partial charge in [0.15, 0.2) is 6.04 Å². The molecule has 0 aliphatic carbocycles. The highest BCUT2D eigenvalue weighted by Crippen LogP contribution is 2.21. The zero-order valence-electron chi connectivity index (χ0n) is 61.7. The number of hydrogen-bond acceptors (Lipinski definition) is 22. The lowest BCUT2D eigenvalue weighted by atomic mass is 9.99. The molecule has 27 N–H and O–H groups in total. The van der Waals surface area contributed by atoms with Crippen LogP contribution in [0.15, 0.2) is 85.1 Å². The van der Waals surface area contributed by atoms with Gasteiger partial charge >= 0.3 is 23.9 Å². The SMILES string of the molecule is CSCC[C@H](NC(=O)[C@H](CC(C)C)NC(=O)[C@H](Cc1ccccc1)NC(=O)[C@H](CC(=O)O)NC(=O)[C@H](Cc1ccc(O)cc1)NC(=O)[C@H](Cc1c[nH]c2ccccc12)NC(=O)[C@@H](NC(=O)[C@@H](NC(=O)[C@H](CCCNC(N)N)NC(=O)[C@@H]([NH3+])CO)C(C)C)[C@@H](C)O)C(=O)N[C@@H](CCC(=O)O)C(=O)N[C@@H](CC(=O)O)C(=O)O. The number of nitrogens with two attached hydrogens (primary N) is 2. The Hall–Kier alpha value is -10.8. The van der Waals surface area contributed by atoms with Crippen LogP contribution in [0.4, 0.5) is 0 Å². The Kier molecular flexibility index (Phi) is 38.2. The molecule has 1 heterocycles. The number of phenolic OH excluding ortho intramolecular Hbond substituents is 1. The van der Waals surface area contributed by atoms with Crippen molar-refractivity contribution in [1.29, 1.82) is 0 Å². The standard InChI is InChI=1S/C71H102N16O22S/c1-35(2)27-48(63(101)79-47(24-26-110-6)61(99)78-46(22-23-54(91)92)60(98)85-53(70(108)109)32-56(95)96)80-64(102)49(28-38-13-8-7-9-14-38)82-67(105)52(31-55(93)94)83-65(103)50(29-39-18-20-41(90)21-19-39)81-66(104)51(30-40-33-76-44-16-11-10-15-42(40)44)84-69(107)58(37(5)89)87-68(106)57(36(3)4)86-62(100)45(17-12-25-75-71(73)74)77-59(97)43(72)34-88/h7-11,13-16,18-21,33,35-37,43,45-53,57-58,71,75-76,88-90H,12,17,22-32,34,72-74H2,1-6H3,(H,77,97)(H,78,99)(H,79,101)(H,80,102)(H,81,104)(H,82,105)(H,83,103)(H,84,107)(H,85,98)(H,86,100)(H,87,106)(H,91,92)(H,93,94)(H,95,96)(H,108,109)/p+1/t37-,43+,45+,46+,47+,48+,49+,50+,51+,52+,53+,57+,58+/m1/s1. The summed E-state index contributed by atoms with van der Waals surface area (Å²) in [6, 6.07) is 0.250. The van der Waals surface area contributed by atoms with Crippen LogP contribution >= 0.6 is 11.8 Å². The van der Waals surface area contributed by atoms with E-state index < -0.39 is 218 Å². The molecule has 1 aromatic heterocycles. The lowest BCUT2D eigenvalue weighted by Gasteiger charge is -2.30. The molecule has 110 heavy (non-hydrogen) atoms. The number of H-pyrrole nitrogens is 1. The summed E-state index contributed by atoms with van der Waals surface area (Å²) in [4.78, 5) is 208. The molecule has 39 heteroatoms. The summed E-state index contributed by atoms with van der Waals surface area (Å²) in [6.07, 6.45) is -4.23. The number of aliphatic hydroxyl groups excluding tert-OH is 2. The van der Waals surface area contributed by atoms with Gasteiger partial charge in [0, 0.05) is 42.8 Å². The molecule has 11 amide bonds. The Bertz CT molecular complexity index is 3810. The largest absolute Gasteiger partial charge is 0.508 e. The highest BCUT2D eigenvalue weighted by molar-refractivity contribution is 7.98. The van der Waals surface area contributed by atoms with Gasteiger partial charge in [-0.25, -0.2) is 4.79 Å². The minimum absolute atomic E-state index is 0.0203. The quantitative estimate of drug-likeness (QED) is 0.0146. The smallest absolute Gasteiger partial charge is 0.326 e. The van der Waals surface area contributed by atoms with E-state index in [0.29, 0.717) is 22.0 Å². The van der Waals surface area contributed by atoms with Gasteiger partial charge in [-0.2, -0.15) is 11.8 Å². The van der Waals surface area contributed by atoms with Gasteiger partial charge in [-0.3, -0.25) is 72.4 Å². The first-order valence-electron chi connectivity index (χ1n) is 35.4. The number of carbonyl (C=O) groups excluding carboxylic acids is 11. The summed E-state index contributed by atoms with van der Waals surface area (Å²) in [6.45, 7) is 7.17. The van der Waals surface area contributed by atoms with Crippen LogP contribution < -0.4 is 81.0 Å². The van der Waals surface area contributed by atoms with E-state index in [0.717, 1.165) is 6.92 Å². The molecule has 3 aromatic carbocycles. The zero-order valence-corrected chi connectivity index (χ0v) is 62.6. The van der Waals surface area contributed by atoms with Gasteiger partial charge in [0.1, 0.15) is 85.1 Å². The molecular formula is C71H103N16O22S+. The first-order chi connectivity index (χ1) is 51.9. The van der Waals surface area contributed by atoms with Crippen LogP contribution in [0.25, 0.3) is 10.9 Å². The van der Waals surface area contributed by atoms with Crippen molar-refractivity contribution < 1.29 is 113 Å². The molecule has 13 atom stereocenters. The number of aliphatic carboxylic acids is 4. The molecule has 0 spiro atoms. The van der Waals surface area contributed by atoms with E-state index in [9.17, 15) is 103 Å². The van der Waals surface area contributed by atoms with E-state index in [1.807, 2.05) is 5.32 Å². The van der Waals surface area contributed by atoms with Gasteiger partial charge in [0.2, 0.25) is 59.1 Å². The number of phenols is 1. The van der Waals surface area contributed by atoms with Crippen molar-refractivity contribution in [2.45, 2.75) is 190 Å². The van der Waals surface area contributed by atoms with Crippen LogP contribution in [0.5, 0.6) is 5.75 Å².